The Balaban J connectivity index is 0.00000242. The third-order valence-electron chi connectivity index (χ3n) is 4.02. The fraction of sp³-hybridized carbons (Fsp3) is 0.600. The van der Waals surface area contributed by atoms with Gasteiger partial charge in [-0.05, 0) is 44.3 Å². The van der Waals surface area contributed by atoms with Gasteiger partial charge in [0.05, 0.1) is 11.8 Å². The molecule has 0 spiro atoms. The first kappa shape index (κ1) is 18.5. The quantitative estimate of drug-likeness (QED) is 0.761. The van der Waals surface area contributed by atoms with Gasteiger partial charge in [-0.25, -0.2) is 0 Å². The van der Waals surface area contributed by atoms with Crippen molar-refractivity contribution < 1.29 is 14.0 Å². The smallest absolute Gasteiger partial charge is 0.255 e. The minimum Gasteiger partial charge on any atom is -0.472 e. The van der Waals surface area contributed by atoms with Crippen molar-refractivity contribution in [1.29, 1.82) is 0 Å². The molecule has 0 aromatic carbocycles. The Hall–Kier alpha value is -1.53. The van der Waals surface area contributed by atoms with Crippen LogP contribution in [0.1, 0.15) is 37.0 Å². The van der Waals surface area contributed by atoms with E-state index in [2.05, 4.69) is 22.9 Å². The zero-order valence-corrected chi connectivity index (χ0v) is 13.8. The second-order valence-electron chi connectivity index (χ2n) is 5.99. The summed E-state index contributed by atoms with van der Waals surface area (Å²) in [6, 6.07) is 0.994. The van der Waals surface area contributed by atoms with Gasteiger partial charge in [-0.3, -0.25) is 9.59 Å². The highest BCUT2D eigenvalue weighted by Crippen LogP contribution is 2.26. The van der Waals surface area contributed by atoms with Crippen LogP contribution in [0.3, 0.4) is 0 Å². The zero-order valence-electron chi connectivity index (χ0n) is 13.0. The minimum atomic E-state index is -0.572. The highest BCUT2D eigenvalue weighted by Gasteiger charge is 2.28. The maximum absolute atomic E-state index is 12.1. The van der Waals surface area contributed by atoms with Gasteiger partial charge >= 0.3 is 0 Å². The monoisotopic (exact) mass is 329 g/mol. The zero-order chi connectivity index (χ0) is 15.3. The van der Waals surface area contributed by atoms with Crippen molar-refractivity contribution in [3.8, 4) is 0 Å². The molecule has 1 fully saturated rings. The summed E-state index contributed by atoms with van der Waals surface area (Å²) in [6.07, 6.45) is 4.87. The minimum absolute atomic E-state index is 0. The van der Waals surface area contributed by atoms with Gasteiger partial charge in [0.15, 0.2) is 0 Å². The Bertz CT molecular complexity index is 484. The van der Waals surface area contributed by atoms with Crippen molar-refractivity contribution in [3.63, 3.8) is 0 Å². The molecule has 1 atom stereocenters. The van der Waals surface area contributed by atoms with E-state index in [0.717, 1.165) is 25.9 Å². The van der Waals surface area contributed by atoms with E-state index in [-0.39, 0.29) is 29.6 Å². The number of carbonyl (C=O) groups is 2. The van der Waals surface area contributed by atoms with E-state index in [9.17, 15) is 9.59 Å². The van der Waals surface area contributed by atoms with E-state index in [1.165, 1.54) is 12.5 Å². The molecule has 3 N–H and O–H groups in total. The number of piperidine rings is 1. The molecule has 1 aromatic rings. The largest absolute Gasteiger partial charge is 0.472 e. The molecule has 124 valence electrons. The van der Waals surface area contributed by atoms with Gasteiger partial charge < -0.3 is 20.4 Å². The van der Waals surface area contributed by atoms with Crippen LogP contribution in [0.15, 0.2) is 23.0 Å². The van der Waals surface area contributed by atoms with Gasteiger partial charge in [-0.15, -0.1) is 12.4 Å². The van der Waals surface area contributed by atoms with E-state index < -0.39 is 6.04 Å². The first-order valence-corrected chi connectivity index (χ1v) is 7.32. The lowest BCUT2D eigenvalue weighted by atomic mass is 9.81. The standard InChI is InChI=1S/C15H23N3O3.ClH/c1-11(18-14(20)12-3-8-21-9-12)13(19)17-10-15(2)4-6-16-7-5-15;/h3,8-9,11,16H,4-7,10H2,1-2H3,(H,17,19)(H,18,20);1H. The summed E-state index contributed by atoms with van der Waals surface area (Å²) in [5.74, 6) is -0.467. The molecular weight excluding hydrogens is 306 g/mol. The molecule has 0 bridgehead atoms. The predicted molar refractivity (Wildman–Crippen MR) is 86.1 cm³/mol. The van der Waals surface area contributed by atoms with E-state index >= 15 is 0 Å². The van der Waals surface area contributed by atoms with Crippen LogP contribution >= 0.6 is 12.4 Å². The maximum atomic E-state index is 12.1. The molecule has 6 nitrogen and oxygen atoms in total. The van der Waals surface area contributed by atoms with Crippen molar-refractivity contribution >= 4 is 24.2 Å². The van der Waals surface area contributed by atoms with E-state index in [4.69, 9.17) is 4.42 Å². The third kappa shape index (κ3) is 5.03. The molecule has 1 saturated heterocycles. The van der Waals surface area contributed by atoms with Crippen LogP contribution in [0.5, 0.6) is 0 Å². The van der Waals surface area contributed by atoms with Crippen LogP contribution in [-0.4, -0.2) is 37.5 Å². The molecule has 1 aliphatic heterocycles. The van der Waals surface area contributed by atoms with Crippen molar-refractivity contribution in [3.05, 3.63) is 24.2 Å². The van der Waals surface area contributed by atoms with Crippen LogP contribution in [0, 0.1) is 5.41 Å². The highest BCUT2D eigenvalue weighted by molar-refractivity contribution is 5.97. The van der Waals surface area contributed by atoms with Crippen LogP contribution < -0.4 is 16.0 Å². The highest BCUT2D eigenvalue weighted by atomic mass is 35.5. The third-order valence-corrected chi connectivity index (χ3v) is 4.02. The van der Waals surface area contributed by atoms with Crippen molar-refractivity contribution in [1.82, 2.24) is 16.0 Å². The fourth-order valence-electron chi connectivity index (χ4n) is 2.40. The Morgan fingerprint density at radius 3 is 2.68 bits per heavy atom. The number of halogens is 1. The van der Waals surface area contributed by atoms with Gasteiger partial charge in [-0.1, -0.05) is 6.92 Å². The number of amides is 2. The normalized spacial score (nSPS) is 17.9. The van der Waals surface area contributed by atoms with E-state index in [1.54, 1.807) is 13.0 Å². The molecule has 7 heteroatoms. The first-order valence-electron chi connectivity index (χ1n) is 7.32. The Kier molecular flexibility index (Phi) is 6.90. The number of furan rings is 1. The average molecular weight is 330 g/mol. The first-order chi connectivity index (χ1) is 10.0. The molecule has 0 radical (unpaired) electrons. The lowest BCUT2D eigenvalue weighted by Crippen LogP contribution is -2.49. The number of rotatable bonds is 5. The predicted octanol–water partition coefficient (Wildman–Crippen LogP) is 1.33. The lowest BCUT2D eigenvalue weighted by Gasteiger charge is -2.34. The summed E-state index contributed by atoms with van der Waals surface area (Å²) in [5, 5.41) is 8.91. The molecule has 1 aliphatic rings. The summed E-state index contributed by atoms with van der Waals surface area (Å²) in [7, 11) is 0. The SMILES string of the molecule is CC(NC(=O)c1ccoc1)C(=O)NCC1(C)CCNCC1.Cl. The van der Waals surface area contributed by atoms with E-state index in [1.807, 2.05) is 0 Å². The Labute approximate surface area is 136 Å². The maximum Gasteiger partial charge on any atom is 0.255 e. The molecule has 1 unspecified atom stereocenters. The van der Waals surface area contributed by atoms with Gasteiger partial charge in [0.25, 0.3) is 5.91 Å². The number of hydrogen-bond acceptors (Lipinski definition) is 4. The topological polar surface area (TPSA) is 83.4 Å². The van der Waals surface area contributed by atoms with Crippen LogP contribution in [0.4, 0.5) is 0 Å². The molecular formula is C15H24ClN3O3. The van der Waals surface area contributed by atoms with Crippen molar-refractivity contribution in [2.45, 2.75) is 32.7 Å². The average Bonchev–Trinajstić information content (AvgIpc) is 3.00. The van der Waals surface area contributed by atoms with Gasteiger partial charge in [0.2, 0.25) is 5.91 Å². The van der Waals surface area contributed by atoms with Crippen molar-refractivity contribution in [2.75, 3.05) is 19.6 Å². The number of nitrogens with one attached hydrogen (secondary N) is 3. The summed E-state index contributed by atoms with van der Waals surface area (Å²) in [5.41, 5.74) is 0.551. The van der Waals surface area contributed by atoms with Crippen LogP contribution in [0.25, 0.3) is 0 Å². The molecule has 2 rings (SSSR count). The van der Waals surface area contributed by atoms with Crippen LogP contribution in [0.2, 0.25) is 0 Å². The fourth-order valence-corrected chi connectivity index (χ4v) is 2.40. The lowest BCUT2D eigenvalue weighted by molar-refractivity contribution is -0.123. The summed E-state index contributed by atoms with van der Waals surface area (Å²) < 4.78 is 4.85. The van der Waals surface area contributed by atoms with Gasteiger partial charge in [0, 0.05) is 6.54 Å². The second-order valence-corrected chi connectivity index (χ2v) is 5.99. The van der Waals surface area contributed by atoms with Crippen LogP contribution in [-0.2, 0) is 4.79 Å². The molecule has 2 amide bonds. The molecule has 22 heavy (non-hydrogen) atoms. The van der Waals surface area contributed by atoms with Crippen molar-refractivity contribution in [2.24, 2.45) is 5.41 Å². The summed E-state index contributed by atoms with van der Waals surface area (Å²) in [6.45, 7) is 6.47. The molecule has 1 aromatic heterocycles. The molecule has 0 aliphatic carbocycles. The molecule has 2 heterocycles. The summed E-state index contributed by atoms with van der Waals surface area (Å²) >= 11 is 0. The Morgan fingerprint density at radius 1 is 1.41 bits per heavy atom. The van der Waals surface area contributed by atoms with Gasteiger partial charge in [0.1, 0.15) is 12.3 Å². The summed E-state index contributed by atoms with van der Waals surface area (Å²) in [4.78, 5) is 23.9. The van der Waals surface area contributed by atoms with Gasteiger partial charge in [-0.2, -0.15) is 0 Å². The number of carbonyl (C=O) groups excluding carboxylic acids is 2. The molecule has 0 saturated carbocycles. The second kappa shape index (κ2) is 8.19. The van der Waals surface area contributed by atoms with E-state index in [0.29, 0.717) is 12.1 Å². The Morgan fingerprint density at radius 2 is 2.09 bits per heavy atom. The number of hydrogen-bond donors (Lipinski definition) is 3.